The van der Waals surface area contributed by atoms with Crippen molar-refractivity contribution in [2.24, 2.45) is 0 Å². The van der Waals surface area contributed by atoms with Gasteiger partial charge in [0.25, 0.3) is 5.69 Å². The maximum absolute atomic E-state index is 12.3. The molecular formula is C14H11NO6S. The van der Waals surface area contributed by atoms with E-state index < -0.39 is 26.5 Å². The lowest BCUT2D eigenvalue weighted by Gasteiger charge is -2.07. The minimum atomic E-state index is -3.87. The molecule has 2 aromatic carbocycles. The topological polar surface area (TPSA) is 115 Å². The highest BCUT2D eigenvalue weighted by Gasteiger charge is 2.22. The van der Waals surface area contributed by atoms with Crippen molar-refractivity contribution in [2.45, 2.75) is 10.6 Å². The van der Waals surface area contributed by atoms with E-state index in [1.807, 2.05) is 0 Å². The number of sulfone groups is 1. The number of carboxylic acid groups (broad SMARTS) is 1. The van der Waals surface area contributed by atoms with Crippen molar-refractivity contribution in [2.75, 3.05) is 0 Å². The summed E-state index contributed by atoms with van der Waals surface area (Å²) in [6.45, 7) is 0. The average Bonchev–Trinajstić information content (AvgIpc) is 2.47. The Labute approximate surface area is 125 Å². The lowest BCUT2D eigenvalue weighted by molar-refractivity contribution is -0.384. The van der Waals surface area contributed by atoms with Crippen molar-refractivity contribution >= 4 is 21.5 Å². The third kappa shape index (κ3) is 3.29. The van der Waals surface area contributed by atoms with Gasteiger partial charge in [0.2, 0.25) is 0 Å². The molecule has 22 heavy (non-hydrogen) atoms. The zero-order valence-electron chi connectivity index (χ0n) is 11.2. The summed E-state index contributed by atoms with van der Waals surface area (Å²) >= 11 is 0. The second-order valence-electron chi connectivity index (χ2n) is 4.48. The first kappa shape index (κ1) is 15.6. The van der Waals surface area contributed by atoms with Gasteiger partial charge in [0.15, 0.2) is 9.84 Å². The molecule has 7 nitrogen and oxygen atoms in total. The second kappa shape index (κ2) is 5.94. The molecule has 0 saturated heterocycles. The fourth-order valence-electron chi connectivity index (χ4n) is 1.93. The first-order valence-corrected chi connectivity index (χ1v) is 7.75. The van der Waals surface area contributed by atoms with E-state index in [1.165, 1.54) is 48.5 Å². The van der Waals surface area contributed by atoms with Crippen LogP contribution in [0.3, 0.4) is 0 Å². The van der Waals surface area contributed by atoms with Crippen molar-refractivity contribution < 1.29 is 23.2 Å². The van der Waals surface area contributed by atoms with Crippen LogP contribution < -0.4 is 0 Å². The number of aromatic carboxylic acids is 1. The molecule has 0 aromatic heterocycles. The molecule has 2 aromatic rings. The molecule has 0 aliphatic carbocycles. The van der Waals surface area contributed by atoms with Crippen LogP contribution in [0.25, 0.3) is 0 Å². The molecule has 0 saturated carbocycles. The Hall–Kier alpha value is -2.74. The van der Waals surface area contributed by atoms with Crippen LogP contribution in [0.4, 0.5) is 5.69 Å². The molecule has 0 bridgehead atoms. The lowest BCUT2D eigenvalue weighted by atomic mass is 10.2. The molecule has 0 amide bonds. The number of benzene rings is 2. The van der Waals surface area contributed by atoms with Gasteiger partial charge in [-0.2, -0.15) is 0 Å². The Kier molecular flexibility index (Phi) is 4.22. The molecule has 0 heterocycles. The van der Waals surface area contributed by atoms with Gasteiger partial charge in [-0.25, -0.2) is 13.2 Å². The number of nitro benzene ring substituents is 1. The zero-order chi connectivity index (χ0) is 16.3. The summed E-state index contributed by atoms with van der Waals surface area (Å²) in [7, 11) is -3.87. The van der Waals surface area contributed by atoms with Gasteiger partial charge in [-0.3, -0.25) is 10.1 Å². The van der Waals surface area contributed by atoms with Crippen LogP contribution >= 0.6 is 0 Å². The first-order chi connectivity index (χ1) is 10.3. The summed E-state index contributed by atoms with van der Waals surface area (Å²) in [6, 6.07) is 10.4. The van der Waals surface area contributed by atoms with E-state index in [2.05, 4.69) is 0 Å². The van der Waals surface area contributed by atoms with Crippen LogP contribution in [0.15, 0.2) is 53.4 Å². The Morgan fingerprint density at radius 1 is 1.09 bits per heavy atom. The number of nitrogens with zero attached hydrogens (tertiary/aromatic N) is 1. The van der Waals surface area contributed by atoms with Gasteiger partial charge in [-0.1, -0.05) is 24.3 Å². The van der Waals surface area contributed by atoms with Crippen molar-refractivity contribution in [1.29, 1.82) is 0 Å². The predicted octanol–water partition coefficient (Wildman–Crippen LogP) is 2.27. The monoisotopic (exact) mass is 321 g/mol. The van der Waals surface area contributed by atoms with Crippen molar-refractivity contribution in [3.05, 3.63) is 69.8 Å². The maximum Gasteiger partial charge on any atom is 0.337 e. The quantitative estimate of drug-likeness (QED) is 0.667. The third-order valence-corrected chi connectivity index (χ3v) is 4.70. The maximum atomic E-state index is 12.3. The van der Waals surface area contributed by atoms with Gasteiger partial charge >= 0.3 is 5.97 Å². The van der Waals surface area contributed by atoms with Crippen molar-refractivity contribution in [3.63, 3.8) is 0 Å². The number of hydrogen-bond acceptors (Lipinski definition) is 5. The van der Waals surface area contributed by atoms with E-state index in [4.69, 9.17) is 5.11 Å². The Balaban J connectivity index is 2.36. The molecule has 0 atom stereocenters. The predicted molar refractivity (Wildman–Crippen MR) is 77.4 cm³/mol. The molecule has 0 aliphatic heterocycles. The largest absolute Gasteiger partial charge is 0.478 e. The molecule has 0 radical (unpaired) electrons. The Morgan fingerprint density at radius 3 is 2.23 bits per heavy atom. The fourth-order valence-corrected chi connectivity index (χ4v) is 3.49. The highest BCUT2D eigenvalue weighted by atomic mass is 32.2. The Morgan fingerprint density at radius 2 is 1.68 bits per heavy atom. The number of hydrogen-bond donors (Lipinski definition) is 1. The van der Waals surface area contributed by atoms with Gasteiger partial charge in [-0.15, -0.1) is 0 Å². The highest BCUT2D eigenvalue weighted by Crippen LogP contribution is 2.22. The van der Waals surface area contributed by atoms with Crippen LogP contribution in [0, 0.1) is 10.1 Å². The molecule has 0 spiro atoms. The van der Waals surface area contributed by atoms with Gasteiger partial charge in [-0.05, 0) is 17.7 Å². The molecule has 8 heteroatoms. The standard InChI is InChI=1S/C14H11NO6S/c16-14(17)12-3-1-2-4-13(12)22(20,21)9-10-5-7-11(8-6-10)15(18)19/h1-8H,9H2,(H,16,17). The van der Waals surface area contributed by atoms with Crippen LogP contribution in [-0.4, -0.2) is 24.4 Å². The number of rotatable bonds is 5. The fraction of sp³-hybridized carbons (Fsp3) is 0.0714. The summed E-state index contributed by atoms with van der Waals surface area (Å²) in [5.41, 5.74) is -0.109. The minimum absolute atomic E-state index is 0.146. The van der Waals surface area contributed by atoms with E-state index >= 15 is 0 Å². The van der Waals surface area contributed by atoms with Gasteiger partial charge in [0.05, 0.1) is 21.1 Å². The SMILES string of the molecule is O=C(O)c1ccccc1S(=O)(=O)Cc1ccc([N+](=O)[O-])cc1. The normalized spacial score (nSPS) is 11.1. The van der Waals surface area contributed by atoms with E-state index in [0.29, 0.717) is 5.56 Å². The highest BCUT2D eigenvalue weighted by molar-refractivity contribution is 7.90. The summed E-state index contributed by atoms with van der Waals surface area (Å²) in [5, 5.41) is 19.6. The average molecular weight is 321 g/mol. The third-order valence-electron chi connectivity index (χ3n) is 2.96. The summed E-state index contributed by atoms with van der Waals surface area (Å²) in [5.74, 6) is -1.77. The van der Waals surface area contributed by atoms with E-state index in [9.17, 15) is 23.3 Å². The molecule has 0 aliphatic rings. The molecule has 0 unspecified atom stereocenters. The zero-order valence-corrected chi connectivity index (χ0v) is 12.0. The summed E-state index contributed by atoms with van der Waals surface area (Å²) < 4.78 is 24.7. The van der Waals surface area contributed by atoms with Gasteiger partial charge < -0.3 is 5.11 Å². The van der Waals surface area contributed by atoms with Gasteiger partial charge in [0.1, 0.15) is 0 Å². The summed E-state index contributed by atoms with van der Waals surface area (Å²) in [4.78, 5) is 20.8. The number of nitro groups is 1. The molecule has 1 N–H and O–H groups in total. The molecular weight excluding hydrogens is 310 g/mol. The second-order valence-corrected chi connectivity index (χ2v) is 6.44. The first-order valence-electron chi connectivity index (χ1n) is 6.09. The van der Waals surface area contributed by atoms with E-state index in [1.54, 1.807) is 0 Å². The van der Waals surface area contributed by atoms with Gasteiger partial charge in [0, 0.05) is 12.1 Å². The molecule has 2 rings (SSSR count). The lowest BCUT2D eigenvalue weighted by Crippen LogP contribution is -2.11. The number of carbonyl (C=O) groups is 1. The number of non-ortho nitro benzene ring substituents is 1. The van der Waals surface area contributed by atoms with Crippen LogP contribution in [0.5, 0.6) is 0 Å². The van der Waals surface area contributed by atoms with Crippen molar-refractivity contribution in [1.82, 2.24) is 0 Å². The van der Waals surface area contributed by atoms with Crippen LogP contribution in [0.2, 0.25) is 0 Å². The molecule has 114 valence electrons. The van der Waals surface area contributed by atoms with Crippen molar-refractivity contribution in [3.8, 4) is 0 Å². The minimum Gasteiger partial charge on any atom is -0.478 e. The number of carboxylic acids is 1. The van der Waals surface area contributed by atoms with E-state index in [-0.39, 0.29) is 16.1 Å². The van der Waals surface area contributed by atoms with Crippen LogP contribution in [-0.2, 0) is 15.6 Å². The molecule has 0 fully saturated rings. The Bertz CT molecular complexity index is 827. The smallest absolute Gasteiger partial charge is 0.337 e. The van der Waals surface area contributed by atoms with E-state index in [0.717, 1.165) is 0 Å². The van der Waals surface area contributed by atoms with Crippen LogP contribution in [0.1, 0.15) is 15.9 Å². The summed E-state index contributed by atoms with van der Waals surface area (Å²) in [6.07, 6.45) is 0.